The Morgan fingerprint density at radius 3 is 2.41 bits per heavy atom. The summed E-state index contributed by atoms with van der Waals surface area (Å²) in [5, 5.41) is 2.64. The Morgan fingerprint density at radius 2 is 1.78 bits per heavy atom. The van der Waals surface area contributed by atoms with Gasteiger partial charge in [0.2, 0.25) is 15.9 Å². The van der Waals surface area contributed by atoms with E-state index in [0.29, 0.717) is 18.4 Å². The second-order valence-electron chi connectivity index (χ2n) is 7.82. The third kappa shape index (κ3) is 5.80. The van der Waals surface area contributed by atoms with E-state index >= 15 is 0 Å². The lowest BCUT2D eigenvalue weighted by Gasteiger charge is -2.31. The molecule has 1 heterocycles. The predicted molar refractivity (Wildman–Crippen MR) is 112 cm³/mol. The summed E-state index contributed by atoms with van der Waals surface area (Å²) in [5.41, 5.74) is 1.84. The number of carbonyl (C=O) groups is 1. The number of nitrogens with zero attached hydrogens (tertiary/aromatic N) is 1. The van der Waals surface area contributed by atoms with Gasteiger partial charge in [-0.2, -0.15) is 4.31 Å². The maximum absolute atomic E-state index is 13.0. The van der Waals surface area contributed by atoms with E-state index in [4.69, 9.17) is 0 Å². The van der Waals surface area contributed by atoms with E-state index in [2.05, 4.69) is 10.1 Å². The summed E-state index contributed by atoms with van der Waals surface area (Å²) in [4.78, 5) is 12.8. The maximum Gasteiger partial charge on any atom is 0.573 e. The lowest BCUT2D eigenvalue weighted by Crippen LogP contribution is -2.43. The van der Waals surface area contributed by atoms with Crippen molar-refractivity contribution in [3.05, 3.63) is 59.2 Å². The van der Waals surface area contributed by atoms with E-state index in [1.807, 2.05) is 13.0 Å². The number of hydrogen-bond donors (Lipinski definition) is 1. The van der Waals surface area contributed by atoms with Crippen molar-refractivity contribution in [2.45, 2.75) is 44.5 Å². The second kappa shape index (κ2) is 9.50. The van der Waals surface area contributed by atoms with Gasteiger partial charge in [-0.25, -0.2) is 8.42 Å². The summed E-state index contributed by atoms with van der Waals surface area (Å²) in [6.45, 7) is 3.91. The number of amides is 1. The van der Waals surface area contributed by atoms with Crippen LogP contribution in [0, 0.1) is 19.8 Å². The van der Waals surface area contributed by atoms with Crippen molar-refractivity contribution in [1.82, 2.24) is 9.62 Å². The number of aryl methyl sites for hydroxylation is 2. The molecular weight excluding hydrogens is 445 g/mol. The van der Waals surface area contributed by atoms with Crippen LogP contribution < -0.4 is 10.1 Å². The van der Waals surface area contributed by atoms with Gasteiger partial charge in [0.25, 0.3) is 0 Å². The molecule has 2 aromatic carbocycles. The van der Waals surface area contributed by atoms with Crippen molar-refractivity contribution < 1.29 is 31.1 Å². The number of nitrogens with one attached hydrogen (secondary N) is 1. The third-order valence-corrected chi connectivity index (χ3v) is 7.48. The minimum absolute atomic E-state index is 0.119. The minimum Gasteiger partial charge on any atom is -0.405 e. The number of ether oxygens (including phenoxy) is 1. The molecule has 0 unspecified atom stereocenters. The van der Waals surface area contributed by atoms with Crippen molar-refractivity contribution in [2.24, 2.45) is 5.92 Å². The lowest BCUT2D eigenvalue weighted by atomic mass is 9.97. The van der Waals surface area contributed by atoms with Gasteiger partial charge in [0.1, 0.15) is 5.75 Å². The zero-order valence-corrected chi connectivity index (χ0v) is 18.6. The van der Waals surface area contributed by atoms with E-state index in [-0.39, 0.29) is 41.7 Å². The molecule has 0 aromatic heterocycles. The van der Waals surface area contributed by atoms with Gasteiger partial charge in [-0.1, -0.05) is 35.9 Å². The number of carbonyl (C=O) groups excluding carboxylic acids is 1. The highest BCUT2D eigenvalue weighted by atomic mass is 32.2. The minimum atomic E-state index is -4.83. The van der Waals surface area contributed by atoms with Crippen LogP contribution in [0.15, 0.2) is 47.4 Å². The quantitative estimate of drug-likeness (QED) is 0.695. The largest absolute Gasteiger partial charge is 0.573 e. The number of hydrogen-bond acceptors (Lipinski definition) is 4. The van der Waals surface area contributed by atoms with E-state index in [0.717, 1.165) is 5.56 Å². The summed E-state index contributed by atoms with van der Waals surface area (Å²) in [6.07, 6.45) is -4.17. The number of para-hydroxylation sites is 1. The van der Waals surface area contributed by atoms with Gasteiger partial charge < -0.3 is 10.1 Å². The molecule has 0 atom stereocenters. The molecule has 1 N–H and O–H groups in total. The van der Waals surface area contributed by atoms with Crippen LogP contribution in [-0.4, -0.2) is 38.1 Å². The Hall–Kier alpha value is -2.59. The van der Waals surface area contributed by atoms with Gasteiger partial charge in [-0.3, -0.25) is 4.79 Å². The van der Waals surface area contributed by atoms with Crippen LogP contribution in [0.4, 0.5) is 13.2 Å². The predicted octanol–water partition coefficient (Wildman–Crippen LogP) is 3.92. The number of alkyl halides is 3. The Labute approximate surface area is 185 Å². The Bertz CT molecular complexity index is 1080. The van der Waals surface area contributed by atoms with E-state index < -0.39 is 22.3 Å². The smallest absolute Gasteiger partial charge is 0.405 e. The summed E-state index contributed by atoms with van der Waals surface area (Å²) >= 11 is 0. The average molecular weight is 471 g/mol. The van der Waals surface area contributed by atoms with Crippen LogP contribution in [0.2, 0.25) is 0 Å². The molecule has 10 heteroatoms. The highest BCUT2D eigenvalue weighted by molar-refractivity contribution is 7.89. The van der Waals surface area contributed by atoms with Gasteiger partial charge in [-0.05, 0) is 44.4 Å². The fourth-order valence-corrected chi connectivity index (χ4v) is 5.46. The highest BCUT2D eigenvalue weighted by Gasteiger charge is 2.34. The molecule has 1 fully saturated rings. The average Bonchev–Trinajstić information content (AvgIpc) is 2.71. The summed E-state index contributed by atoms with van der Waals surface area (Å²) in [7, 11) is -3.66. The van der Waals surface area contributed by atoms with E-state index in [9.17, 15) is 26.4 Å². The van der Waals surface area contributed by atoms with Crippen LogP contribution in [0.3, 0.4) is 0 Å². The van der Waals surface area contributed by atoms with Crippen molar-refractivity contribution in [3.63, 3.8) is 0 Å². The fraction of sp³-hybridized carbons (Fsp3) is 0.409. The van der Waals surface area contributed by atoms with Crippen molar-refractivity contribution in [1.29, 1.82) is 0 Å². The Kier molecular flexibility index (Phi) is 7.14. The topological polar surface area (TPSA) is 75.7 Å². The number of rotatable bonds is 6. The first-order chi connectivity index (χ1) is 15.0. The van der Waals surface area contributed by atoms with Crippen LogP contribution in [0.1, 0.15) is 29.5 Å². The monoisotopic (exact) mass is 470 g/mol. The van der Waals surface area contributed by atoms with Crippen molar-refractivity contribution in [2.75, 3.05) is 13.1 Å². The second-order valence-corrected chi connectivity index (χ2v) is 9.73. The van der Waals surface area contributed by atoms with Gasteiger partial charge >= 0.3 is 6.36 Å². The number of benzene rings is 2. The zero-order valence-electron chi connectivity index (χ0n) is 17.8. The van der Waals surface area contributed by atoms with Gasteiger partial charge in [0.05, 0.1) is 4.90 Å². The first kappa shape index (κ1) is 24.1. The molecule has 1 aliphatic rings. The van der Waals surface area contributed by atoms with Crippen LogP contribution >= 0.6 is 0 Å². The molecule has 0 saturated carbocycles. The number of halogens is 3. The molecule has 32 heavy (non-hydrogen) atoms. The van der Waals surface area contributed by atoms with Crippen LogP contribution in [-0.2, 0) is 21.4 Å². The molecule has 1 amide bonds. The Morgan fingerprint density at radius 1 is 1.12 bits per heavy atom. The Balaban J connectivity index is 1.58. The van der Waals surface area contributed by atoms with Gasteiger partial charge in [-0.15, -0.1) is 13.2 Å². The SMILES string of the molecule is Cc1ccc(S(=O)(=O)N2CCC(C(=O)NCc3ccccc3OC(F)(F)F)CC2)c(C)c1. The van der Waals surface area contributed by atoms with Gasteiger partial charge in [0.15, 0.2) is 0 Å². The zero-order chi connectivity index (χ0) is 23.5. The molecular formula is C22H25F3N2O4S. The van der Waals surface area contributed by atoms with Crippen LogP contribution in [0.5, 0.6) is 5.75 Å². The van der Waals surface area contributed by atoms with Gasteiger partial charge in [0, 0.05) is 31.1 Å². The summed E-state index contributed by atoms with van der Waals surface area (Å²) < 4.78 is 69.0. The number of piperidine rings is 1. The lowest BCUT2D eigenvalue weighted by molar-refractivity contribution is -0.274. The molecule has 3 rings (SSSR count). The normalized spacial score (nSPS) is 16.0. The van der Waals surface area contributed by atoms with Crippen molar-refractivity contribution >= 4 is 15.9 Å². The van der Waals surface area contributed by atoms with Crippen molar-refractivity contribution in [3.8, 4) is 5.75 Å². The summed E-state index contributed by atoms with van der Waals surface area (Å²) in [6, 6.07) is 10.8. The van der Waals surface area contributed by atoms with Crippen LogP contribution in [0.25, 0.3) is 0 Å². The van der Waals surface area contributed by atoms with E-state index in [1.165, 1.54) is 22.5 Å². The first-order valence-corrected chi connectivity index (χ1v) is 11.6. The first-order valence-electron chi connectivity index (χ1n) is 10.2. The third-order valence-electron chi connectivity index (χ3n) is 5.42. The summed E-state index contributed by atoms with van der Waals surface area (Å²) in [5.74, 6) is -1.11. The molecule has 174 valence electrons. The fourth-order valence-electron chi connectivity index (χ4n) is 3.79. The molecule has 0 spiro atoms. The molecule has 6 nitrogen and oxygen atoms in total. The molecule has 1 aliphatic heterocycles. The number of sulfonamides is 1. The van der Waals surface area contributed by atoms with E-state index in [1.54, 1.807) is 25.1 Å². The molecule has 0 radical (unpaired) electrons. The maximum atomic E-state index is 13.0. The molecule has 0 aliphatic carbocycles. The molecule has 0 bridgehead atoms. The molecule has 2 aromatic rings. The molecule has 1 saturated heterocycles. The standard InChI is InChI=1S/C22H25F3N2O4S/c1-15-7-8-20(16(2)13-15)32(29,30)27-11-9-17(10-12-27)21(28)26-14-18-5-3-4-6-19(18)31-22(23,24)25/h3-8,13,17H,9-12,14H2,1-2H3,(H,26,28). The highest BCUT2D eigenvalue weighted by Crippen LogP contribution is 2.28.